The van der Waals surface area contributed by atoms with E-state index in [2.05, 4.69) is 4.98 Å². The van der Waals surface area contributed by atoms with Gasteiger partial charge in [-0.25, -0.2) is 0 Å². The van der Waals surface area contributed by atoms with Crippen molar-refractivity contribution in [3.63, 3.8) is 0 Å². The van der Waals surface area contributed by atoms with Gasteiger partial charge in [-0.1, -0.05) is 29.8 Å². The van der Waals surface area contributed by atoms with E-state index in [1.807, 2.05) is 43.3 Å². The standard InChI is InChI=1S/C17H14N2O/c1-11-4-7-15(18)14(9-11)17(20)13-6-5-12-3-2-8-19-16(12)10-13/h2-10H,18H2,1H3. The van der Waals surface area contributed by atoms with Gasteiger partial charge in [-0.2, -0.15) is 0 Å². The number of hydrogen-bond acceptors (Lipinski definition) is 3. The van der Waals surface area contributed by atoms with Crippen molar-refractivity contribution < 1.29 is 4.79 Å². The molecule has 1 heterocycles. The summed E-state index contributed by atoms with van der Waals surface area (Å²) < 4.78 is 0. The van der Waals surface area contributed by atoms with Crippen molar-refractivity contribution in [1.29, 1.82) is 0 Å². The SMILES string of the molecule is Cc1ccc(N)c(C(=O)c2ccc3cccnc3c2)c1. The molecule has 0 saturated heterocycles. The summed E-state index contributed by atoms with van der Waals surface area (Å²) in [5.74, 6) is -0.0706. The molecule has 0 aliphatic heterocycles. The maximum absolute atomic E-state index is 12.6. The van der Waals surface area contributed by atoms with E-state index >= 15 is 0 Å². The van der Waals surface area contributed by atoms with Gasteiger partial charge >= 0.3 is 0 Å². The number of benzene rings is 2. The predicted molar refractivity (Wildman–Crippen MR) is 80.8 cm³/mol. The minimum Gasteiger partial charge on any atom is -0.398 e. The van der Waals surface area contributed by atoms with Crippen LogP contribution in [-0.2, 0) is 0 Å². The van der Waals surface area contributed by atoms with Crippen molar-refractivity contribution >= 4 is 22.4 Å². The Hall–Kier alpha value is -2.68. The molecule has 3 aromatic rings. The third kappa shape index (κ3) is 2.14. The highest BCUT2D eigenvalue weighted by atomic mass is 16.1. The zero-order valence-corrected chi connectivity index (χ0v) is 11.1. The molecular formula is C17H14N2O. The molecule has 0 amide bonds. The Morgan fingerprint density at radius 1 is 1.10 bits per heavy atom. The van der Waals surface area contributed by atoms with Gasteiger partial charge in [0.2, 0.25) is 0 Å². The molecule has 3 heteroatoms. The quantitative estimate of drug-likeness (QED) is 0.569. The summed E-state index contributed by atoms with van der Waals surface area (Å²) in [5.41, 5.74) is 9.38. The first-order valence-electron chi connectivity index (χ1n) is 6.41. The molecule has 0 fully saturated rings. The topological polar surface area (TPSA) is 56.0 Å². The van der Waals surface area contributed by atoms with Crippen LogP contribution in [0.4, 0.5) is 5.69 Å². The number of aryl methyl sites for hydroxylation is 1. The molecule has 3 rings (SSSR count). The average molecular weight is 262 g/mol. The molecule has 0 bridgehead atoms. The molecule has 0 saturated carbocycles. The molecule has 1 aromatic heterocycles. The lowest BCUT2D eigenvalue weighted by atomic mass is 9.99. The van der Waals surface area contributed by atoms with Crippen LogP contribution in [0.3, 0.4) is 0 Å². The van der Waals surface area contributed by atoms with Gasteiger partial charge in [0.15, 0.2) is 5.78 Å². The highest BCUT2D eigenvalue weighted by Gasteiger charge is 2.13. The van der Waals surface area contributed by atoms with Gasteiger partial charge < -0.3 is 5.73 Å². The molecule has 0 unspecified atom stereocenters. The zero-order valence-electron chi connectivity index (χ0n) is 11.1. The van der Waals surface area contributed by atoms with Crippen molar-refractivity contribution in [1.82, 2.24) is 4.98 Å². The number of pyridine rings is 1. The number of nitrogen functional groups attached to an aromatic ring is 1. The number of nitrogens with two attached hydrogens (primary N) is 1. The minimum atomic E-state index is -0.0706. The van der Waals surface area contributed by atoms with Crippen LogP contribution in [-0.4, -0.2) is 10.8 Å². The first kappa shape index (κ1) is 12.4. The van der Waals surface area contributed by atoms with Crippen LogP contribution in [0.2, 0.25) is 0 Å². The molecule has 0 spiro atoms. The fraction of sp³-hybridized carbons (Fsp3) is 0.0588. The van der Waals surface area contributed by atoms with Crippen molar-refractivity contribution in [3.05, 3.63) is 71.4 Å². The molecule has 0 radical (unpaired) electrons. The number of nitrogens with zero attached hydrogens (tertiary/aromatic N) is 1. The third-order valence-corrected chi connectivity index (χ3v) is 3.32. The fourth-order valence-electron chi connectivity index (χ4n) is 2.23. The monoisotopic (exact) mass is 262 g/mol. The van der Waals surface area contributed by atoms with Gasteiger partial charge in [0.05, 0.1) is 5.52 Å². The van der Waals surface area contributed by atoms with Gasteiger partial charge in [0.1, 0.15) is 0 Å². The number of carbonyl (C=O) groups excluding carboxylic acids is 1. The first-order valence-corrected chi connectivity index (χ1v) is 6.41. The second kappa shape index (κ2) is 4.78. The number of aromatic nitrogens is 1. The van der Waals surface area contributed by atoms with Crippen LogP contribution in [0.25, 0.3) is 10.9 Å². The summed E-state index contributed by atoms with van der Waals surface area (Å²) >= 11 is 0. The van der Waals surface area contributed by atoms with Crippen LogP contribution < -0.4 is 5.73 Å². The Balaban J connectivity index is 2.10. The van der Waals surface area contributed by atoms with Gasteiger partial charge in [-0.3, -0.25) is 9.78 Å². The van der Waals surface area contributed by atoms with E-state index in [1.54, 1.807) is 18.3 Å². The number of rotatable bonds is 2. The van der Waals surface area contributed by atoms with E-state index in [4.69, 9.17) is 5.73 Å². The van der Waals surface area contributed by atoms with E-state index < -0.39 is 0 Å². The summed E-state index contributed by atoms with van der Waals surface area (Å²) in [4.78, 5) is 16.8. The number of ketones is 1. The van der Waals surface area contributed by atoms with E-state index in [9.17, 15) is 4.79 Å². The van der Waals surface area contributed by atoms with Gasteiger partial charge in [-0.05, 0) is 31.2 Å². The van der Waals surface area contributed by atoms with Gasteiger partial charge in [0, 0.05) is 28.4 Å². The van der Waals surface area contributed by atoms with Crippen LogP contribution >= 0.6 is 0 Å². The number of carbonyl (C=O) groups is 1. The highest BCUT2D eigenvalue weighted by Crippen LogP contribution is 2.20. The molecule has 2 N–H and O–H groups in total. The van der Waals surface area contributed by atoms with Crippen LogP contribution in [0.1, 0.15) is 21.5 Å². The van der Waals surface area contributed by atoms with Gasteiger partial charge in [-0.15, -0.1) is 0 Å². The smallest absolute Gasteiger partial charge is 0.195 e. The molecule has 3 nitrogen and oxygen atoms in total. The summed E-state index contributed by atoms with van der Waals surface area (Å²) in [6.07, 6.45) is 1.72. The fourth-order valence-corrected chi connectivity index (χ4v) is 2.23. The number of hydrogen-bond donors (Lipinski definition) is 1. The van der Waals surface area contributed by atoms with Crippen molar-refractivity contribution in [2.45, 2.75) is 6.92 Å². The maximum Gasteiger partial charge on any atom is 0.195 e. The molecule has 0 aliphatic carbocycles. The Kier molecular flexibility index (Phi) is 2.95. The van der Waals surface area contributed by atoms with Crippen LogP contribution in [0.5, 0.6) is 0 Å². The lowest BCUT2D eigenvalue weighted by Gasteiger charge is -2.07. The maximum atomic E-state index is 12.6. The van der Waals surface area contributed by atoms with E-state index in [0.29, 0.717) is 16.8 Å². The molecule has 0 atom stereocenters. The first-order chi connectivity index (χ1) is 9.65. The Morgan fingerprint density at radius 2 is 1.95 bits per heavy atom. The average Bonchev–Trinajstić information content (AvgIpc) is 2.48. The number of fused-ring (bicyclic) bond motifs is 1. The zero-order chi connectivity index (χ0) is 14.1. The summed E-state index contributed by atoms with van der Waals surface area (Å²) in [6, 6.07) is 14.9. The van der Waals surface area contributed by atoms with Crippen molar-refractivity contribution in [3.8, 4) is 0 Å². The summed E-state index contributed by atoms with van der Waals surface area (Å²) in [5, 5.41) is 1.02. The molecule has 0 aliphatic rings. The van der Waals surface area contributed by atoms with E-state index in [0.717, 1.165) is 16.5 Å². The Morgan fingerprint density at radius 3 is 2.80 bits per heavy atom. The predicted octanol–water partition coefficient (Wildman–Crippen LogP) is 3.36. The normalized spacial score (nSPS) is 10.7. The third-order valence-electron chi connectivity index (χ3n) is 3.32. The lowest BCUT2D eigenvalue weighted by molar-refractivity contribution is 0.103. The number of anilines is 1. The Bertz CT molecular complexity index is 809. The molecule has 20 heavy (non-hydrogen) atoms. The molecule has 2 aromatic carbocycles. The molecule has 98 valence electrons. The molecular weight excluding hydrogens is 248 g/mol. The largest absolute Gasteiger partial charge is 0.398 e. The summed E-state index contributed by atoms with van der Waals surface area (Å²) in [7, 11) is 0. The van der Waals surface area contributed by atoms with E-state index in [-0.39, 0.29) is 5.78 Å². The second-order valence-electron chi connectivity index (χ2n) is 4.83. The van der Waals surface area contributed by atoms with Gasteiger partial charge in [0.25, 0.3) is 0 Å². The van der Waals surface area contributed by atoms with E-state index in [1.165, 1.54) is 0 Å². The van der Waals surface area contributed by atoms with Crippen LogP contribution in [0.15, 0.2) is 54.7 Å². The minimum absolute atomic E-state index is 0.0706. The van der Waals surface area contributed by atoms with Crippen LogP contribution in [0, 0.1) is 6.92 Å². The van der Waals surface area contributed by atoms with Crippen molar-refractivity contribution in [2.24, 2.45) is 0 Å². The summed E-state index contributed by atoms with van der Waals surface area (Å²) in [6.45, 7) is 1.94. The van der Waals surface area contributed by atoms with Crippen molar-refractivity contribution in [2.75, 3.05) is 5.73 Å². The Labute approximate surface area is 117 Å². The highest BCUT2D eigenvalue weighted by molar-refractivity contribution is 6.13. The lowest BCUT2D eigenvalue weighted by Crippen LogP contribution is -2.05. The second-order valence-corrected chi connectivity index (χ2v) is 4.83.